The maximum absolute atomic E-state index is 11.6. The van der Waals surface area contributed by atoms with E-state index in [-0.39, 0.29) is 10.8 Å². The first kappa shape index (κ1) is 12.5. The number of hydrogen-bond donors (Lipinski definition) is 2. The van der Waals surface area contributed by atoms with Crippen LogP contribution in [0.3, 0.4) is 0 Å². The standard InChI is InChI=1S/C12H13N3O2S/c1-8-7-18-12(17)15(8)6-9-3-2-4-10(5-9)11(16)14-13/h2-5,7H,6,13H2,1H3,(H,14,16). The van der Waals surface area contributed by atoms with E-state index in [9.17, 15) is 9.59 Å². The van der Waals surface area contributed by atoms with Gasteiger partial charge in [-0.1, -0.05) is 23.5 Å². The Balaban J connectivity index is 2.30. The van der Waals surface area contributed by atoms with Crippen molar-refractivity contribution in [3.8, 4) is 0 Å². The van der Waals surface area contributed by atoms with Crippen molar-refractivity contribution in [2.75, 3.05) is 0 Å². The molecule has 1 heterocycles. The number of nitrogen functional groups attached to an aromatic ring is 1. The Morgan fingerprint density at radius 2 is 2.28 bits per heavy atom. The van der Waals surface area contributed by atoms with Crippen molar-refractivity contribution < 1.29 is 4.79 Å². The number of carbonyl (C=O) groups is 1. The van der Waals surface area contributed by atoms with Crippen LogP contribution in [0.5, 0.6) is 0 Å². The van der Waals surface area contributed by atoms with Gasteiger partial charge in [-0.3, -0.25) is 19.6 Å². The molecule has 0 saturated carbocycles. The van der Waals surface area contributed by atoms with Gasteiger partial charge in [0.15, 0.2) is 0 Å². The first-order chi connectivity index (χ1) is 8.61. The second-order valence-corrected chi connectivity index (χ2v) is 4.72. The molecule has 0 saturated heterocycles. The Morgan fingerprint density at radius 3 is 2.89 bits per heavy atom. The number of nitrogens with one attached hydrogen (secondary N) is 1. The zero-order chi connectivity index (χ0) is 13.1. The highest BCUT2D eigenvalue weighted by atomic mass is 32.1. The molecule has 0 aliphatic rings. The number of aryl methyl sites for hydroxylation is 1. The van der Waals surface area contributed by atoms with Gasteiger partial charge in [0.1, 0.15) is 0 Å². The molecule has 1 aromatic heterocycles. The quantitative estimate of drug-likeness (QED) is 0.490. The molecule has 0 aliphatic carbocycles. The fraction of sp³-hybridized carbons (Fsp3) is 0.167. The molecule has 0 fully saturated rings. The molecule has 6 heteroatoms. The van der Waals surface area contributed by atoms with Gasteiger partial charge in [0.2, 0.25) is 0 Å². The first-order valence-corrected chi connectivity index (χ1v) is 6.24. The Labute approximate surface area is 108 Å². The lowest BCUT2D eigenvalue weighted by Crippen LogP contribution is -2.30. The van der Waals surface area contributed by atoms with Gasteiger partial charge in [0.05, 0.1) is 6.54 Å². The minimum atomic E-state index is -0.341. The zero-order valence-corrected chi connectivity index (χ0v) is 10.7. The van der Waals surface area contributed by atoms with Crippen LogP contribution in [0.25, 0.3) is 0 Å². The second-order valence-electron chi connectivity index (χ2n) is 3.90. The van der Waals surface area contributed by atoms with Crippen molar-refractivity contribution in [1.29, 1.82) is 0 Å². The van der Waals surface area contributed by atoms with Crippen molar-refractivity contribution in [3.63, 3.8) is 0 Å². The van der Waals surface area contributed by atoms with E-state index in [0.29, 0.717) is 12.1 Å². The predicted molar refractivity (Wildman–Crippen MR) is 70.5 cm³/mol. The Morgan fingerprint density at radius 1 is 1.50 bits per heavy atom. The number of benzene rings is 1. The highest BCUT2D eigenvalue weighted by Crippen LogP contribution is 2.09. The van der Waals surface area contributed by atoms with Crippen LogP contribution in [0.1, 0.15) is 21.6 Å². The molecule has 0 spiro atoms. The van der Waals surface area contributed by atoms with Crippen molar-refractivity contribution >= 4 is 17.2 Å². The molecule has 2 rings (SSSR count). The fourth-order valence-corrected chi connectivity index (χ4v) is 2.41. The molecule has 0 bridgehead atoms. The number of thiazole rings is 1. The Hall–Kier alpha value is -1.92. The van der Waals surface area contributed by atoms with E-state index < -0.39 is 0 Å². The third kappa shape index (κ3) is 2.49. The normalized spacial score (nSPS) is 10.3. The molecule has 2 aromatic rings. The summed E-state index contributed by atoms with van der Waals surface area (Å²) in [5.74, 6) is 4.74. The highest BCUT2D eigenvalue weighted by Gasteiger charge is 2.07. The number of amides is 1. The van der Waals surface area contributed by atoms with Crippen molar-refractivity contribution in [2.45, 2.75) is 13.5 Å². The SMILES string of the molecule is Cc1csc(=O)n1Cc1cccc(C(=O)NN)c1. The Bertz CT molecular complexity index is 630. The highest BCUT2D eigenvalue weighted by molar-refractivity contribution is 7.07. The molecular formula is C12H13N3O2S. The van der Waals surface area contributed by atoms with Crippen molar-refractivity contribution in [1.82, 2.24) is 9.99 Å². The summed E-state index contributed by atoms with van der Waals surface area (Å²) in [6.45, 7) is 2.34. The Kier molecular flexibility index (Phi) is 3.59. The summed E-state index contributed by atoms with van der Waals surface area (Å²) in [5, 5.41) is 1.82. The third-order valence-corrected chi connectivity index (χ3v) is 3.52. The molecular weight excluding hydrogens is 250 g/mol. The lowest BCUT2D eigenvalue weighted by Gasteiger charge is -2.06. The summed E-state index contributed by atoms with van der Waals surface area (Å²) < 4.78 is 1.67. The molecule has 5 nitrogen and oxygen atoms in total. The summed E-state index contributed by atoms with van der Waals surface area (Å²) >= 11 is 1.17. The topological polar surface area (TPSA) is 77.1 Å². The molecule has 1 aromatic carbocycles. The lowest BCUT2D eigenvalue weighted by molar-refractivity contribution is 0.0953. The number of aromatic nitrogens is 1. The number of rotatable bonds is 3. The summed E-state index contributed by atoms with van der Waals surface area (Å²) in [4.78, 5) is 23.0. The minimum Gasteiger partial charge on any atom is -0.299 e. The van der Waals surface area contributed by atoms with Crippen LogP contribution in [0.15, 0.2) is 34.4 Å². The molecule has 0 aliphatic heterocycles. The first-order valence-electron chi connectivity index (χ1n) is 5.36. The van der Waals surface area contributed by atoms with E-state index in [1.54, 1.807) is 22.8 Å². The fourth-order valence-electron chi connectivity index (χ4n) is 1.67. The molecule has 0 unspecified atom stereocenters. The van der Waals surface area contributed by atoms with E-state index in [4.69, 9.17) is 5.84 Å². The second kappa shape index (κ2) is 5.16. The van der Waals surface area contributed by atoms with Gasteiger partial charge in [-0.2, -0.15) is 0 Å². The van der Waals surface area contributed by atoms with E-state index >= 15 is 0 Å². The van der Waals surface area contributed by atoms with Crippen molar-refractivity contribution in [2.24, 2.45) is 5.84 Å². The number of hydrazine groups is 1. The van der Waals surface area contributed by atoms with Crippen LogP contribution in [-0.4, -0.2) is 10.5 Å². The van der Waals surface area contributed by atoms with Crippen molar-refractivity contribution in [3.05, 3.63) is 56.1 Å². The molecule has 0 radical (unpaired) electrons. The molecule has 18 heavy (non-hydrogen) atoms. The monoisotopic (exact) mass is 263 g/mol. The third-order valence-electron chi connectivity index (χ3n) is 2.64. The van der Waals surface area contributed by atoms with E-state index in [1.165, 1.54) is 11.3 Å². The van der Waals surface area contributed by atoms with Crippen LogP contribution in [0, 0.1) is 6.92 Å². The maximum Gasteiger partial charge on any atom is 0.307 e. The molecule has 3 N–H and O–H groups in total. The van der Waals surface area contributed by atoms with Gasteiger partial charge in [-0.05, 0) is 24.6 Å². The van der Waals surface area contributed by atoms with E-state index in [2.05, 4.69) is 5.43 Å². The van der Waals surface area contributed by atoms with Gasteiger partial charge in [0.25, 0.3) is 5.91 Å². The number of nitrogens with zero attached hydrogens (tertiary/aromatic N) is 1. The maximum atomic E-state index is 11.6. The number of hydrogen-bond acceptors (Lipinski definition) is 4. The van der Waals surface area contributed by atoms with Gasteiger partial charge in [-0.25, -0.2) is 5.84 Å². The van der Waals surface area contributed by atoms with E-state index in [1.807, 2.05) is 18.4 Å². The average molecular weight is 263 g/mol. The van der Waals surface area contributed by atoms with Crippen LogP contribution >= 0.6 is 11.3 Å². The summed E-state index contributed by atoms with van der Waals surface area (Å²) in [6.07, 6.45) is 0. The lowest BCUT2D eigenvalue weighted by atomic mass is 10.1. The number of carbonyl (C=O) groups excluding carboxylic acids is 1. The van der Waals surface area contributed by atoms with Gasteiger partial charge < -0.3 is 0 Å². The van der Waals surface area contributed by atoms with Crippen LogP contribution < -0.4 is 16.1 Å². The van der Waals surface area contributed by atoms with E-state index in [0.717, 1.165) is 11.3 Å². The summed E-state index contributed by atoms with van der Waals surface area (Å²) in [7, 11) is 0. The van der Waals surface area contributed by atoms with Crippen LogP contribution in [0.4, 0.5) is 0 Å². The van der Waals surface area contributed by atoms with Crippen LogP contribution in [0.2, 0.25) is 0 Å². The largest absolute Gasteiger partial charge is 0.307 e. The summed E-state index contributed by atoms with van der Waals surface area (Å²) in [5.41, 5.74) is 4.37. The van der Waals surface area contributed by atoms with Gasteiger partial charge in [-0.15, -0.1) is 0 Å². The summed E-state index contributed by atoms with van der Waals surface area (Å²) in [6, 6.07) is 7.05. The smallest absolute Gasteiger partial charge is 0.299 e. The molecule has 94 valence electrons. The zero-order valence-electron chi connectivity index (χ0n) is 9.84. The molecule has 0 atom stereocenters. The molecule has 1 amide bonds. The average Bonchev–Trinajstić information content (AvgIpc) is 2.70. The number of nitrogens with two attached hydrogens (primary N) is 1. The minimum absolute atomic E-state index is 0.00109. The van der Waals surface area contributed by atoms with Gasteiger partial charge in [0, 0.05) is 16.6 Å². The van der Waals surface area contributed by atoms with Crippen LogP contribution in [-0.2, 0) is 6.54 Å². The predicted octanol–water partition coefficient (Wildman–Crippen LogP) is 0.870. The van der Waals surface area contributed by atoms with Gasteiger partial charge >= 0.3 is 4.87 Å².